The minimum atomic E-state index is -0.675. The number of nitrogens with one attached hydrogen (secondary N) is 1. The molecule has 1 aromatic rings. The van der Waals surface area contributed by atoms with Crippen molar-refractivity contribution in [1.82, 2.24) is 10.2 Å². The Balaban J connectivity index is 2.19. The Morgan fingerprint density at radius 3 is 2.72 bits per heavy atom. The molecule has 1 atom stereocenters. The van der Waals surface area contributed by atoms with E-state index in [0.717, 1.165) is 0 Å². The molecule has 1 amide bonds. The second kappa shape index (κ2) is 5.61. The number of nitrogens with zero attached hydrogens (tertiary/aromatic N) is 1. The second-order valence-corrected chi connectivity index (χ2v) is 4.03. The summed E-state index contributed by atoms with van der Waals surface area (Å²) in [5, 5.41) is 3.08. The lowest BCUT2D eigenvalue weighted by atomic mass is 10.0. The number of carbonyl (C=O) groups excluding carboxylic acids is 2. The fourth-order valence-electron chi connectivity index (χ4n) is 2.02. The lowest BCUT2D eigenvalue weighted by Crippen LogP contribution is -2.57. The van der Waals surface area contributed by atoms with E-state index in [1.165, 1.54) is 4.90 Å². The molecule has 3 N–H and O–H groups in total. The minimum absolute atomic E-state index is 0.117. The van der Waals surface area contributed by atoms with Crippen LogP contribution >= 0.6 is 0 Å². The SMILES string of the molecule is NOC(=O)N1CCNCC1C(=O)c1ccccc1. The highest BCUT2D eigenvalue weighted by Gasteiger charge is 2.33. The van der Waals surface area contributed by atoms with Gasteiger partial charge in [-0.3, -0.25) is 9.69 Å². The van der Waals surface area contributed by atoms with E-state index in [9.17, 15) is 9.59 Å². The summed E-state index contributed by atoms with van der Waals surface area (Å²) in [6.45, 7) is 1.43. The van der Waals surface area contributed by atoms with Gasteiger partial charge < -0.3 is 10.2 Å². The molecule has 1 aliphatic rings. The molecule has 96 valence electrons. The molecule has 0 bridgehead atoms. The zero-order chi connectivity index (χ0) is 13.0. The van der Waals surface area contributed by atoms with Gasteiger partial charge in [0.25, 0.3) is 0 Å². The summed E-state index contributed by atoms with van der Waals surface area (Å²) < 4.78 is 0. The number of rotatable bonds is 2. The van der Waals surface area contributed by atoms with Crippen molar-refractivity contribution in [3.63, 3.8) is 0 Å². The van der Waals surface area contributed by atoms with Crippen LogP contribution in [0.15, 0.2) is 30.3 Å². The van der Waals surface area contributed by atoms with Crippen LogP contribution in [0.5, 0.6) is 0 Å². The fourth-order valence-corrected chi connectivity index (χ4v) is 2.02. The largest absolute Gasteiger partial charge is 0.429 e. The standard InChI is InChI=1S/C12H15N3O3/c13-18-12(17)15-7-6-14-8-10(15)11(16)9-4-2-1-3-5-9/h1-5,10,14H,6-8,13H2. The summed E-state index contributed by atoms with van der Waals surface area (Å²) >= 11 is 0. The van der Waals surface area contributed by atoms with Crippen LogP contribution in [0.25, 0.3) is 0 Å². The van der Waals surface area contributed by atoms with Crippen LogP contribution < -0.4 is 11.2 Å². The summed E-state index contributed by atoms with van der Waals surface area (Å²) in [6, 6.07) is 8.29. The van der Waals surface area contributed by atoms with Crippen LogP contribution in [0.4, 0.5) is 4.79 Å². The molecule has 1 saturated heterocycles. The first-order valence-corrected chi connectivity index (χ1v) is 5.71. The van der Waals surface area contributed by atoms with Crippen molar-refractivity contribution in [2.45, 2.75) is 6.04 Å². The Hall–Kier alpha value is -1.92. The van der Waals surface area contributed by atoms with E-state index < -0.39 is 12.1 Å². The van der Waals surface area contributed by atoms with E-state index in [-0.39, 0.29) is 5.78 Å². The van der Waals surface area contributed by atoms with Gasteiger partial charge in [0.15, 0.2) is 5.78 Å². The lowest BCUT2D eigenvalue weighted by Gasteiger charge is -2.33. The van der Waals surface area contributed by atoms with E-state index in [4.69, 9.17) is 5.90 Å². The average Bonchev–Trinajstić information content (AvgIpc) is 2.46. The molecular weight excluding hydrogens is 234 g/mol. The van der Waals surface area contributed by atoms with Gasteiger partial charge in [0, 0.05) is 25.2 Å². The van der Waals surface area contributed by atoms with E-state index >= 15 is 0 Å². The fraction of sp³-hybridized carbons (Fsp3) is 0.333. The highest BCUT2D eigenvalue weighted by molar-refractivity contribution is 6.01. The van der Waals surface area contributed by atoms with Crippen molar-refractivity contribution < 1.29 is 14.4 Å². The quantitative estimate of drug-likeness (QED) is 0.576. The third-order valence-electron chi connectivity index (χ3n) is 2.94. The van der Waals surface area contributed by atoms with E-state index in [0.29, 0.717) is 25.2 Å². The molecule has 18 heavy (non-hydrogen) atoms. The summed E-state index contributed by atoms with van der Waals surface area (Å²) in [5.41, 5.74) is 0.570. The van der Waals surface area contributed by atoms with Crippen LogP contribution in [0, 0.1) is 0 Å². The van der Waals surface area contributed by atoms with Gasteiger partial charge in [0.2, 0.25) is 0 Å². The Bertz CT molecular complexity index is 435. The average molecular weight is 249 g/mol. The van der Waals surface area contributed by atoms with Crippen LogP contribution in [0.1, 0.15) is 10.4 Å². The van der Waals surface area contributed by atoms with E-state index in [2.05, 4.69) is 10.2 Å². The second-order valence-electron chi connectivity index (χ2n) is 4.03. The molecule has 1 unspecified atom stereocenters. The zero-order valence-electron chi connectivity index (χ0n) is 9.83. The summed E-state index contributed by atoms with van der Waals surface area (Å²) in [5.74, 6) is 4.76. The van der Waals surface area contributed by atoms with Crippen LogP contribution in [0.3, 0.4) is 0 Å². The topological polar surface area (TPSA) is 84.7 Å². The third kappa shape index (κ3) is 2.49. The maximum atomic E-state index is 12.3. The predicted octanol–water partition coefficient (Wildman–Crippen LogP) is 0.153. The van der Waals surface area contributed by atoms with Crippen LogP contribution in [0.2, 0.25) is 0 Å². The van der Waals surface area contributed by atoms with Gasteiger partial charge in [-0.25, -0.2) is 4.79 Å². The van der Waals surface area contributed by atoms with E-state index in [1.54, 1.807) is 24.3 Å². The van der Waals surface area contributed by atoms with Crippen molar-refractivity contribution in [1.29, 1.82) is 0 Å². The van der Waals surface area contributed by atoms with Gasteiger partial charge in [0.1, 0.15) is 6.04 Å². The van der Waals surface area contributed by atoms with Crippen molar-refractivity contribution in [2.24, 2.45) is 5.90 Å². The predicted molar refractivity (Wildman–Crippen MR) is 64.8 cm³/mol. The Labute approximate surface area is 105 Å². The van der Waals surface area contributed by atoms with Crippen molar-refractivity contribution in [2.75, 3.05) is 19.6 Å². The van der Waals surface area contributed by atoms with Crippen LogP contribution in [-0.2, 0) is 4.84 Å². The highest BCUT2D eigenvalue weighted by Crippen LogP contribution is 2.12. The van der Waals surface area contributed by atoms with Gasteiger partial charge in [-0.05, 0) is 0 Å². The summed E-state index contributed by atoms with van der Waals surface area (Å²) in [4.78, 5) is 29.4. The van der Waals surface area contributed by atoms with E-state index in [1.807, 2.05) is 6.07 Å². The zero-order valence-corrected chi connectivity index (χ0v) is 9.83. The number of ketones is 1. The molecule has 0 radical (unpaired) electrons. The molecule has 0 spiro atoms. The molecule has 0 saturated carbocycles. The first-order chi connectivity index (χ1) is 8.74. The normalized spacial score (nSPS) is 19.4. The number of hydrogen-bond donors (Lipinski definition) is 2. The number of hydrogen-bond acceptors (Lipinski definition) is 5. The minimum Gasteiger partial charge on any atom is -0.357 e. The van der Waals surface area contributed by atoms with Crippen molar-refractivity contribution in [3.8, 4) is 0 Å². The van der Waals surface area contributed by atoms with Gasteiger partial charge in [0.05, 0.1) is 0 Å². The molecule has 6 heteroatoms. The summed E-state index contributed by atoms with van der Waals surface area (Å²) in [6.07, 6.45) is -0.675. The molecule has 1 aliphatic heterocycles. The molecule has 0 aromatic heterocycles. The lowest BCUT2D eigenvalue weighted by molar-refractivity contribution is 0.0623. The van der Waals surface area contributed by atoms with Crippen LogP contribution in [-0.4, -0.2) is 42.5 Å². The molecular formula is C12H15N3O3. The molecule has 2 rings (SSSR count). The molecule has 6 nitrogen and oxygen atoms in total. The maximum Gasteiger partial charge on any atom is 0.429 e. The van der Waals surface area contributed by atoms with Gasteiger partial charge >= 0.3 is 6.09 Å². The smallest absolute Gasteiger partial charge is 0.357 e. The van der Waals surface area contributed by atoms with Gasteiger partial charge in [-0.1, -0.05) is 30.3 Å². The van der Waals surface area contributed by atoms with Crippen molar-refractivity contribution >= 4 is 11.9 Å². The summed E-state index contributed by atoms with van der Waals surface area (Å²) in [7, 11) is 0. The monoisotopic (exact) mass is 249 g/mol. The first-order valence-electron chi connectivity index (χ1n) is 5.71. The number of carbonyl (C=O) groups is 2. The number of benzene rings is 1. The number of amides is 1. The van der Waals surface area contributed by atoms with Gasteiger partial charge in [-0.2, -0.15) is 5.90 Å². The molecule has 1 aromatic carbocycles. The first kappa shape index (κ1) is 12.5. The number of Topliss-reactive ketones (excluding diaryl/α,β-unsaturated/α-hetero) is 1. The number of piperazine rings is 1. The Kier molecular flexibility index (Phi) is 3.91. The Morgan fingerprint density at radius 2 is 2.06 bits per heavy atom. The molecule has 0 aliphatic carbocycles. The van der Waals surface area contributed by atoms with Gasteiger partial charge in [-0.15, -0.1) is 0 Å². The maximum absolute atomic E-state index is 12.3. The Morgan fingerprint density at radius 1 is 1.33 bits per heavy atom. The number of nitrogens with two attached hydrogens (primary N) is 1. The van der Waals surface area contributed by atoms with Crippen molar-refractivity contribution in [3.05, 3.63) is 35.9 Å². The molecule has 1 fully saturated rings. The highest BCUT2D eigenvalue weighted by atomic mass is 16.7. The third-order valence-corrected chi connectivity index (χ3v) is 2.94. The molecule has 1 heterocycles.